The Morgan fingerprint density at radius 1 is 1.25 bits per heavy atom. The number of nitrogens with zero attached hydrogens (tertiary/aromatic N) is 2. The first-order valence-electron chi connectivity index (χ1n) is 7.99. The van der Waals surface area contributed by atoms with Gasteiger partial charge in [0.2, 0.25) is 5.91 Å². The fourth-order valence-corrected chi connectivity index (χ4v) is 3.66. The lowest BCUT2D eigenvalue weighted by atomic mass is 10.1. The van der Waals surface area contributed by atoms with E-state index in [2.05, 4.69) is 46.7 Å². The monoisotopic (exact) mass is 365 g/mol. The van der Waals surface area contributed by atoms with E-state index in [0.29, 0.717) is 10.9 Å². The number of amides is 1. The molecule has 0 saturated carbocycles. The number of aromatic nitrogens is 2. The molecule has 1 amide bonds. The maximum Gasteiger partial charge on any atom is 0.295 e. The highest BCUT2D eigenvalue weighted by Gasteiger charge is 2.12. The summed E-state index contributed by atoms with van der Waals surface area (Å²) < 4.78 is 6.21. The Morgan fingerprint density at radius 2 is 1.96 bits per heavy atom. The molecule has 2 aromatic rings. The van der Waals surface area contributed by atoms with Crippen LogP contribution in [0.15, 0.2) is 28.6 Å². The van der Waals surface area contributed by atoms with Crippen molar-refractivity contribution in [3.8, 4) is 5.19 Å². The van der Waals surface area contributed by atoms with E-state index in [4.69, 9.17) is 4.74 Å². The fraction of sp³-hybridized carbons (Fsp3) is 0.471. The van der Waals surface area contributed by atoms with Crippen molar-refractivity contribution in [2.24, 2.45) is 0 Å². The van der Waals surface area contributed by atoms with Gasteiger partial charge < -0.3 is 10.1 Å². The molecule has 7 heteroatoms. The number of hydrogen-bond acceptors (Lipinski definition) is 6. The molecule has 24 heavy (non-hydrogen) atoms. The van der Waals surface area contributed by atoms with Gasteiger partial charge in [-0.15, -0.1) is 5.10 Å². The van der Waals surface area contributed by atoms with Crippen LogP contribution in [0.5, 0.6) is 5.19 Å². The number of carbonyl (C=O) groups excluding carboxylic acids is 1. The zero-order valence-electron chi connectivity index (χ0n) is 14.4. The Labute approximate surface area is 151 Å². The van der Waals surface area contributed by atoms with Crippen molar-refractivity contribution in [3.63, 3.8) is 0 Å². The van der Waals surface area contributed by atoms with Crippen LogP contribution in [0.25, 0.3) is 0 Å². The highest BCUT2D eigenvalue weighted by atomic mass is 32.2. The van der Waals surface area contributed by atoms with Gasteiger partial charge in [-0.05, 0) is 49.7 Å². The first-order valence-corrected chi connectivity index (χ1v) is 9.79. The van der Waals surface area contributed by atoms with E-state index < -0.39 is 0 Å². The molecule has 0 aliphatic carbocycles. The predicted molar refractivity (Wildman–Crippen MR) is 98.8 cm³/mol. The van der Waals surface area contributed by atoms with Gasteiger partial charge in [0.1, 0.15) is 0 Å². The van der Waals surface area contributed by atoms with Crippen LogP contribution in [0.2, 0.25) is 0 Å². The van der Waals surface area contributed by atoms with Crippen molar-refractivity contribution >= 4 is 29.0 Å². The van der Waals surface area contributed by atoms with Gasteiger partial charge >= 0.3 is 0 Å². The molecular formula is C17H23N3O2S2. The van der Waals surface area contributed by atoms with E-state index >= 15 is 0 Å². The lowest BCUT2D eigenvalue weighted by molar-refractivity contribution is -0.119. The molecule has 0 fully saturated rings. The summed E-state index contributed by atoms with van der Waals surface area (Å²) in [7, 11) is 0. The van der Waals surface area contributed by atoms with Crippen molar-refractivity contribution in [3.05, 3.63) is 35.4 Å². The SMILES string of the molecule is CCc1ccc(C(C)NC(=O)CSc2nnc(OC(C)C)s2)cc1. The molecule has 1 atom stereocenters. The highest BCUT2D eigenvalue weighted by molar-refractivity contribution is 8.01. The third-order valence-electron chi connectivity index (χ3n) is 3.32. The van der Waals surface area contributed by atoms with Crippen molar-refractivity contribution < 1.29 is 9.53 Å². The lowest BCUT2D eigenvalue weighted by Crippen LogP contribution is -2.28. The third kappa shape index (κ3) is 5.79. The Kier molecular flexibility index (Phi) is 7.05. The predicted octanol–water partition coefficient (Wildman–Crippen LogP) is 3.86. The minimum atomic E-state index is -0.0198. The minimum absolute atomic E-state index is 0.0155. The molecule has 1 aromatic carbocycles. The molecule has 0 spiro atoms. The zero-order valence-corrected chi connectivity index (χ0v) is 16.0. The zero-order chi connectivity index (χ0) is 17.5. The normalized spacial score (nSPS) is 12.2. The molecule has 130 valence electrons. The summed E-state index contributed by atoms with van der Waals surface area (Å²) in [4.78, 5) is 12.1. The average molecular weight is 366 g/mol. The summed E-state index contributed by atoms with van der Waals surface area (Å²) in [5.74, 6) is 0.293. The molecule has 5 nitrogen and oxygen atoms in total. The fourth-order valence-electron chi connectivity index (χ4n) is 2.04. The number of hydrogen-bond donors (Lipinski definition) is 1. The van der Waals surface area contributed by atoms with Crippen molar-refractivity contribution in [1.29, 1.82) is 0 Å². The number of nitrogens with one attached hydrogen (secondary N) is 1. The van der Waals surface area contributed by atoms with Gasteiger partial charge in [-0.3, -0.25) is 4.79 Å². The number of thioether (sulfide) groups is 1. The number of benzene rings is 1. The molecule has 0 aliphatic rings. The van der Waals surface area contributed by atoms with Crippen LogP contribution in [0.3, 0.4) is 0 Å². The Bertz CT molecular complexity index is 656. The Morgan fingerprint density at radius 3 is 2.58 bits per heavy atom. The van der Waals surface area contributed by atoms with Crippen molar-refractivity contribution in [2.75, 3.05) is 5.75 Å². The van der Waals surface area contributed by atoms with Gasteiger partial charge in [-0.2, -0.15) is 0 Å². The van der Waals surface area contributed by atoms with Crippen LogP contribution < -0.4 is 10.1 Å². The highest BCUT2D eigenvalue weighted by Crippen LogP contribution is 2.27. The maximum absolute atomic E-state index is 12.1. The van der Waals surface area contributed by atoms with E-state index in [-0.39, 0.29) is 18.1 Å². The summed E-state index contributed by atoms with van der Waals surface area (Å²) in [5.41, 5.74) is 2.40. The number of rotatable bonds is 8. The van der Waals surface area contributed by atoms with Gasteiger partial charge in [0.25, 0.3) is 5.19 Å². The summed E-state index contributed by atoms with van der Waals surface area (Å²) in [6, 6.07) is 8.32. The molecule has 2 rings (SSSR count). The van der Waals surface area contributed by atoms with Crippen molar-refractivity contribution in [2.45, 2.75) is 50.6 Å². The van der Waals surface area contributed by atoms with Crippen molar-refractivity contribution in [1.82, 2.24) is 15.5 Å². The van der Waals surface area contributed by atoms with Gasteiger partial charge in [0, 0.05) is 0 Å². The van der Waals surface area contributed by atoms with Gasteiger partial charge in [0.15, 0.2) is 4.34 Å². The van der Waals surface area contributed by atoms with Crippen LogP contribution in [0.4, 0.5) is 0 Å². The van der Waals surface area contributed by atoms with E-state index in [9.17, 15) is 4.79 Å². The molecule has 0 saturated heterocycles. The Hall–Kier alpha value is -1.60. The third-order valence-corrected chi connectivity index (χ3v) is 5.26. The Balaban J connectivity index is 1.80. The van der Waals surface area contributed by atoms with Crippen LogP contribution in [0.1, 0.15) is 44.9 Å². The maximum atomic E-state index is 12.1. The molecule has 0 aliphatic heterocycles. The summed E-state index contributed by atoms with van der Waals surface area (Å²) in [6.45, 7) is 8.00. The van der Waals surface area contributed by atoms with Gasteiger partial charge in [-0.25, -0.2) is 0 Å². The van der Waals surface area contributed by atoms with E-state index in [1.807, 2.05) is 20.8 Å². The minimum Gasteiger partial charge on any atom is -0.466 e. The van der Waals surface area contributed by atoms with Gasteiger partial charge in [-0.1, -0.05) is 48.0 Å². The molecule has 1 heterocycles. The number of ether oxygens (including phenoxy) is 1. The molecule has 1 unspecified atom stereocenters. The van der Waals surface area contributed by atoms with Crippen LogP contribution >= 0.6 is 23.1 Å². The number of aryl methyl sites for hydroxylation is 1. The first-order chi connectivity index (χ1) is 11.5. The molecule has 1 aromatic heterocycles. The van der Waals surface area contributed by atoms with Crippen LogP contribution in [-0.2, 0) is 11.2 Å². The smallest absolute Gasteiger partial charge is 0.295 e. The summed E-state index contributed by atoms with van der Waals surface area (Å²) in [6.07, 6.45) is 1.08. The van der Waals surface area contributed by atoms with E-state index in [1.54, 1.807) is 0 Å². The van der Waals surface area contributed by atoms with Crippen LogP contribution in [0, 0.1) is 0 Å². The second-order valence-electron chi connectivity index (χ2n) is 5.67. The molecule has 0 bridgehead atoms. The lowest BCUT2D eigenvalue weighted by Gasteiger charge is -2.14. The molecule has 1 N–H and O–H groups in total. The second-order valence-corrected chi connectivity index (χ2v) is 7.84. The quantitative estimate of drug-likeness (QED) is 0.720. The molecule has 0 radical (unpaired) electrons. The summed E-state index contributed by atoms with van der Waals surface area (Å²) in [5, 5.41) is 11.5. The van der Waals surface area contributed by atoms with Gasteiger partial charge in [0.05, 0.1) is 17.9 Å². The molecular weight excluding hydrogens is 342 g/mol. The topological polar surface area (TPSA) is 64.1 Å². The standard InChI is InChI=1S/C17H23N3O2S2/c1-5-13-6-8-14(9-7-13)12(4)18-15(21)10-23-17-20-19-16(24-17)22-11(2)3/h6-9,11-12H,5,10H2,1-4H3,(H,18,21). The van der Waals surface area contributed by atoms with E-state index in [0.717, 1.165) is 16.3 Å². The summed E-state index contributed by atoms with van der Waals surface area (Å²) >= 11 is 2.73. The largest absolute Gasteiger partial charge is 0.466 e. The first kappa shape index (κ1) is 18.7. The van der Waals surface area contributed by atoms with Crippen LogP contribution in [-0.4, -0.2) is 28.0 Å². The number of carbonyl (C=O) groups is 1. The second kappa shape index (κ2) is 9.03. The van der Waals surface area contributed by atoms with E-state index in [1.165, 1.54) is 28.7 Å². The average Bonchev–Trinajstić information content (AvgIpc) is 2.99.